The van der Waals surface area contributed by atoms with E-state index >= 15 is 0 Å². The van der Waals surface area contributed by atoms with Crippen molar-refractivity contribution < 1.29 is 33.3 Å². The lowest BCUT2D eigenvalue weighted by Gasteiger charge is -2.33. The van der Waals surface area contributed by atoms with Crippen LogP contribution in [0.5, 0.6) is 17.2 Å². The van der Waals surface area contributed by atoms with Crippen molar-refractivity contribution in [1.82, 2.24) is 0 Å². The molecule has 3 aliphatic carbocycles. The molecule has 0 fully saturated rings. The molecule has 0 spiro atoms. The van der Waals surface area contributed by atoms with Gasteiger partial charge in [0.15, 0.2) is 17.4 Å². The molecule has 0 bridgehead atoms. The summed E-state index contributed by atoms with van der Waals surface area (Å²) in [6.07, 6.45) is 4.51. The van der Waals surface area contributed by atoms with Crippen LogP contribution >= 0.6 is 0 Å². The predicted octanol–water partition coefficient (Wildman–Crippen LogP) is 4.34. The number of rotatable bonds is 7. The molecule has 36 heavy (non-hydrogen) atoms. The summed E-state index contributed by atoms with van der Waals surface area (Å²) in [5.74, 6) is -0.555. The van der Waals surface area contributed by atoms with Crippen molar-refractivity contribution in [2.75, 3.05) is 35.5 Å². The smallest absolute Gasteiger partial charge is 0.320 e. The zero-order valence-electron chi connectivity index (χ0n) is 21.9. The predicted molar refractivity (Wildman–Crippen MR) is 133 cm³/mol. The second-order valence-electron chi connectivity index (χ2n) is 10.3. The second-order valence-corrected chi connectivity index (χ2v) is 10.3. The Morgan fingerprint density at radius 3 is 2.08 bits per heavy atom. The minimum Gasteiger partial charge on any atom is -0.493 e. The molecule has 2 aromatic carbocycles. The topological polar surface area (TPSA) is 80.3 Å². The highest BCUT2D eigenvalue weighted by Gasteiger charge is 2.58. The van der Waals surface area contributed by atoms with Crippen molar-refractivity contribution in [1.29, 1.82) is 0 Å². The Hall–Kier alpha value is -3.22. The molecule has 5 rings (SSSR count). The van der Waals surface area contributed by atoms with Gasteiger partial charge in [0.05, 0.1) is 35.5 Å². The van der Waals surface area contributed by atoms with Gasteiger partial charge in [-0.05, 0) is 77.3 Å². The lowest BCUT2D eigenvalue weighted by atomic mass is 9.69. The van der Waals surface area contributed by atoms with Gasteiger partial charge in [-0.15, -0.1) is 0 Å². The first-order valence-electron chi connectivity index (χ1n) is 12.5. The Balaban J connectivity index is 1.74. The quantitative estimate of drug-likeness (QED) is 0.418. The van der Waals surface area contributed by atoms with Crippen molar-refractivity contribution in [3.63, 3.8) is 0 Å². The van der Waals surface area contributed by atoms with Crippen LogP contribution in [0.3, 0.4) is 0 Å². The molecule has 7 heteroatoms. The van der Waals surface area contributed by atoms with Crippen LogP contribution in [-0.4, -0.2) is 47.5 Å². The third-order valence-electron chi connectivity index (χ3n) is 8.70. The van der Waals surface area contributed by atoms with Crippen LogP contribution in [-0.2, 0) is 38.3 Å². The maximum atomic E-state index is 12.7. The van der Waals surface area contributed by atoms with Gasteiger partial charge in [-0.25, -0.2) is 0 Å². The van der Waals surface area contributed by atoms with E-state index in [1.165, 1.54) is 42.9 Å². The average molecular weight is 495 g/mol. The van der Waals surface area contributed by atoms with Gasteiger partial charge < -0.3 is 23.7 Å². The summed E-state index contributed by atoms with van der Waals surface area (Å²) in [6.45, 7) is 2.26. The Kier molecular flexibility index (Phi) is 6.13. The molecule has 0 amide bonds. The van der Waals surface area contributed by atoms with E-state index in [4.69, 9.17) is 23.7 Å². The van der Waals surface area contributed by atoms with Gasteiger partial charge in [0.25, 0.3) is 0 Å². The largest absolute Gasteiger partial charge is 0.493 e. The third-order valence-corrected chi connectivity index (χ3v) is 8.70. The summed E-state index contributed by atoms with van der Waals surface area (Å²) in [4.78, 5) is 25.4. The standard InChI is InChI=1S/C29H34O7/c1-29-14-17-10-15-8-7-9-16(15)11-18(17)24(29)23-19(13-22(32-2)25(33-3)26(23)34-4)21(29)12-20(27(30)35-5)28(31)36-6/h10-11,13,20-21,24H,7-9,12,14H2,1-6H3/t21-,24+,29-/m1/s1. The number of carbonyl (C=O) groups excluding carboxylic acids is 2. The summed E-state index contributed by atoms with van der Waals surface area (Å²) in [6, 6.07) is 6.75. The summed E-state index contributed by atoms with van der Waals surface area (Å²) in [5, 5.41) is 0. The number of hydrogen-bond donors (Lipinski definition) is 0. The van der Waals surface area contributed by atoms with Crippen LogP contribution in [0.1, 0.15) is 65.0 Å². The molecule has 3 aliphatic rings. The number of benzene rings is 2. The van der Waals surface area contributed by atoms with Crippen LogP contribution < -0.4 is 14.2 Å². The number of fused-ring (bicyclic) bond motifs is 6. The van der Waals surface area contributed by atoms with Gasteiger partial charge in [-0.2, -0.15) is 0 Å². The highest BCUT2D eigenvalue weighted by Crippen LogP contribution is 2.69. The van der Waals surface area contributed by atoms with Gasteiger partial charge in [0, 0.05) is 11.5 Å². The zero-order chi connectivity index (χ0) is 25.8. The van der Waals surface area contributed by atoms with E-state index in [1.54, 1.807) is 21.3 Å². The Morgan fingerprint density at radius 2 is 1.50 bits per heavy atom. The fraction of sp³-hybridized carbons (Fsp3) is 0.517. The molecule has 0 saturated heterocycles. The number of esters is 2. The van der Waals surface area contributed by atoms with Crippen molar-refractivity contribution in [2.45, 2.75) is 50.9 Å². The van der Waals surface area contributed by atoms with E-state index in [0.717, 1.165) is 30.4 Å². The lowest BCUT2D eigenvalue weighted by molar-refractivity contribution is -0.159. The molecule has 0 radical (unpaired) electrons. The van der Waals surface area contributed by atoms with Crippen LogP contribution in [0.2, 0.25) is 0 Å². The molecule has 7 nitrogen and oxygen atoms in total. The number of methoxy groups -OCH3 is 5. The number of hydrogen-bond acceptors (Lipinski definition) is 7. The molecule has 0 saturated carbocycles. The Morgan fingerprint density at radius 1 is 0.861 bits per heavy atom. The third kappa shape index (κ3) is 3.39. The van der Waals surface area contributed by atoms with E-state index in [0.29, 0.717) is 17.2 Å². The maximum absolute atomic E-state index is 12.7. The van der Waals surface area contributed by atoms with Crippen molar-refractivity contribution >= 4 is 11.9 Å². The van der Waals surface area contributed by atoms with E-state index in [2.05, 4.69) is 19.1 Å². The van der Waals surface area contributed by atoms with E-state index in [-0.39, 0.29) is 23.7 Å². The number of ether oxygens (including phenoxy) is 5. The maximum Gasteiger partial charge on any atom is 0.320 e. The summed E-state index contributed by atoms with van der Waals surface area (Å²) < 4.78 is 27.5. The van der Waals surface area contributed by atoms with Crippen LogP contribution in [0.4, 0.5) is 0 Å². The number of carbonyl (C=O) groups is 2. The molecule has 2 aromatic rings. The first kappa shape index (κ1) is 24.5. The van der Waals surface area contributed by atoms with Gasteiger partial charge in [-0.1, -0.05) is 19.1 Å². The minimum absolute atomic E-state index is 0.0316. The van der Waals surface area contributed by atoms with Gasteiger partial charge >= 0.3 is 11.9 Å². The fourth-order valence-electron chi connectivity index (χ4n) is 7.14. The van der Waals surface area contributed by atoms with Crippen molar-refractivity contribution in [3.05, 3.63) is 51.6 Å². The average Bonchev–Trinajstić information content (AvgIpc) is 3.52. The molecule has 0 aromatic heterocycles. The zero-order valence-corrected chi connectivity index (χ0v) is 21.9. The Bertz CT molecular complexity index is 1220. The van der Waals surface area contributed by atoms with Crippen LogP contribution in [0.15, 0.2) is 18.2 Å². The second kappa shape index (κ2) is 9.02. The first-order valence-corrected chi connectivity index (χ1v) is 12.5. The van der Waals surface area contributed by atoms with E-state index in [9.17, 15) is 9.59 Å². The molecular weight excluding hydrogens is 460 g/mol. The molecular formula is C29H34O7. The highest BCUT2D eigenvalue weighted by molar-refractivity contribution is 5.95. The van der Waals surface area contributed by atoms with Crippen LogP contribution in [0.25, 0.3) is 0 Å². The fourth-order valence-corrected chi connectivity index (χ4v) is 7.14. The summed E-state index contributed by atoms with van der Waals surface area (Å²) >= 11 is 0. The minimum atomic E-state index is -1.03. The number of aryl methyl sites for hydroxylation is 2. The van der Waals surface area contributed by atoms with Crippen LogP contribution in [0, 0.1) is 11.3 Å². The van der Waals surface area contributed by atoms with Crippen molar-refractivity contribution in [2.24, 2.45) is 11.3 Å². The van der Waals surface area contributed by atoms with Crippen molar-refractivity contribution in [3.8, 4) is 17.2 Å². The van der Waals surface area contributed by atoms with E-state index in [1.807, 2.05) is 6.07 Å². The molecule has 192 valence electrons. The monoisotopic (exact) mass is 494 g/mol. The molecule has 3 atom stereocenters. The molecule has 0 N–H and O–H groups in total. The Labute approximate surface area is 212 Å². The van der Waals surface area contributed by atoms with Gasteiger partial charge in [0.1, 0.15) is 0 Å². The molecule has 0 unspecified atom stereocenters. The van der Waals surface area contributed by atoms with Gasteiger partial charge in [0.2, 0.25) is 5.75 Å². The SMILES string of the molecule is COC(=O)C(C[C@@H]1c2cc(OC)c(OC)c(OC)c2[C@@H]2c3cc4c(cc3C[C@@]21C)CCC4)C(=O)OC. The first-order chi connectivity index (χ1) is 17.3. The normalized spacial score (nSPS) is 23.0. The summed E-state index contributed by atoms with van der Waals surface area (Å²) in [7, 11) is 7.45. The highest BCUT2D eigenvalue weighted by atomic mass is 16.5. The molecule has 0 heterocycles. The van der Waals surface area contributed by atoms with E-state index < -0.39 is 17.9 Å². The molecule has 0 aliphatic heterocycles. The lowest BCUT2D eigenvalue weighted by Crippen LogP contribution is -2.33. The van der Waals surface area contributed by atoms with Gasteiger partial charge in [-0.3, -0.25) is 9.59 Å². The summed E-state index contributed by atoms with van der Waals surface area (Å²) in [5.41, 5.74) is 7.28.